The Balaban J connectivity index is 1.71. The standard InChI is InChI=1S/C19H25N5O2/c1-4-22-15-7-5-6-8-16(15)24-18(22)20-23(19(24)26)12-17(25)21-10-13(2)9-14(3)11-21/h5-8,13-14H,4,9-12H2,1-3H3. The third kappa shape index (κ3) is 2.62. The highest BCUT2D eigenvalue weighted by Gasteiger charge is 2.26. The number of benzene rings is 1. The Morgan fingerprint density at radius 3 is 2.46 bits per heavy atom. The number of fused-ring (bicyclic) bond motifs is 3. The number of imidazole rings is 1. The van der Waals surface area contributed by atoms with Gasteiger partial charge >= 0.3 is 5.69 Å². The van der Waals surface area contributed by atoms with Crippen molar-refractivity contribution in [3.8, 4) is 0 Å². The minimum absolute atomic E-state index is 0.00199. The number of amides is 1. The fraction of sp³-hybridized carbons (Fsp3) is 0.526. The van der Waals surface area contributed by atoms with Crippen LogP contribution in [0.5, 0.6) is 0 Å². The lowest BCUT2D eigenvalue weighted by Gasteiger charge is -2.34. The van der Waals surface area contributed by atoms with Crippen LogP contribution in [0.15, 0.2) is 29.1 Å². The van der Waals surface area contributed by atoms with Gasteiger partial charge < -0.3 is 9.47 Å². The minimum atomic E-state index is -0.255. The molecule has 3 aromatic rings. The van der Waals surface area contributed by atoms with E-state index in [-0.39, 0.29) is 18.1 Å². The van der Waals surface area contributed by atoms with Gasteiger partial charge in [-0.25, -0.2) is 13.9 Å². The monoisotopic (exact) mass is 355 g/mol. The Labute approximate surface area is 151 Å². The van der Waals surface area contributed by atoms with Crippen LogP contribution in [0.3, 0.4) is 0 Å². The summed E-state index contributed by atoms with van der Waals surface area (Å²) in [5.41, 5.74) is 1.55. The Bertz CT molecular complexity index is 1020. The number of hydrogen-bond donors (Lipinski definition) is 0. The van der Waals surface area contributed by atoms with Crippen molar-refractivity contribution in [2.75, 3.05) is 13.1 Å². The zero-order chi connectivity index (χ0) is 18.4. The first-order valence-corrected chi connectivity index (χ1v) is 9.34. The normalized spacial score (nSPS) is 21.0. The highest BCUT2D eigenvalue weighted by atomic mass is 16.2. The number of hydrogen-bond acceptors (Lipinski definition) is 3. The number of piperidine rings is 1. The molecular formula is C19H25N5O2. The molecule has 7 heteroatoms. The molecule has 1 aliphatic rings. The number of aryl methyl sites for hydroxylation is 1. The molecule has 0 N–H and O–H groups in total. The van der Waals surface area contributed by atoms with E-state index < -0.39 is 0 Å². The molecule has 26 heavy (non-hydrogen) atoms. The van der Waals surface area contributed by atoms with E-state index in [1.54, 1.807) is 4.40 Å². The van der Waals surface area contributed by atoms with Gasteiger partial charge in [0, 0.05) is 19.6 Å². The largest absolute Gasteiger partial charge is 0.352 e. The first-order valence-electron chi connectivity index (χ1n) is 9.34. The molecule has 0 aliphatic carbocycles. The number of likely N-dealkylation sites (tertiary alicyclic amines) is 1. The van der Waals surface area contributed by atoms with Gasteiger partial charge in [-0.15, -0.1) is 5.10 Å². The highest BCUT2D eigenvalue weighted by Crippen LogP contribution is 2.21. The van der Waals surface area contributed by atoms with Crippen LogP contribution in [0.1, 0.15) is 27.2 Å². The molecule has 1 amide bonds. The average molecular weight is 355 g/mol. The van der Waals surface area contributed by atoms with E-state index in [1.807, 2.05) is 40.7 Å². The van der Waals surface area contributed by atoms with Crippen LogP contribution >= 0.6 is 0 Å². The second kappa shape index (κ2) is 6.30. The Hall–Kier alpha value is -2.57. The van der Waals surface area contributed by atoms with Crippen LogP contribution in [0.4, 0.5) is 0 Å². The van der Waals surface area contributed by atoms with Crippen molar-refractivity contribution in [2.24, 2.45) is 11.8 Å². The predicted molar refractivity (Wildman–Crippen MR) is 100 cm³/mol. The first-order chi connectivity index (χ1) is 12.5. The lowest BCUT2D eigenvalue weighted by atomic mass is 9.92. The minimum Gasteiger partial charge on any atom is -0.341 e. The number of para-hydroxylation sites is 2. The Morgan fingerprint density at radius 1 is 1.15 bits per heavy atom. The molecule has 2 aromatic heterocycles. The summed E-state index contributed by atoms with van der Waals surface area (Å²) >= 11 is 0. The SMILES string of the molecule is CCn1c2ccccc2n2c(=O)n(CC(=O)N3CC(C)CC(C)C3)nc12. The van der Waals surface area contributed by atoms with Crippen molar-refractivity contribution in [1.82, 2.24) is 23.6 Å². The second-order valence-corrected chi connectivity index (χ2v) is 7.55. The molecule has 138 valence electrons. The van der Waals surface area contributed by atoms with Crippen LogP contribution < -0.4 is 5.69 Å². The van der Waals surface area contributed by atoms with Gasteiger partial charge in [0.2, 0.25) is 11.7 Å². The molecule has 0 bridgehead atoms. The number of rotatable bonds is 3. The van der Waals surface area contributed by atoms with Crippen molar-refractivity contribution >= 4 is 22.7 Å². The van der Waals surface area contributed by atoms with Gasteiger partial charge in [-0.3, -0.25) is 4.79 Å². The zero-order valence-electron chi connectivity index (χ0n) is 15.6. The van der Waals surface area contributed by atoms with Gasteiger partial charge in [-0.2, -0.15) is 0 Å². The second-order valence-electron chi connectivity index (χ2n) is 7.55. The molecule has 4 rings (SSSR count). The lowest BCUT2D eigenvalue weighted by Crippen LogP contribution is -2.45. The topological polar surface area (TPSA) is 64.5 Å². The molecule has 1 saturated heterocycles. The molecule has 0 radical (unpaired) electrons. The van der Waals surface area contributed by atoms with Crippen LogP contribution in [-0.2, 0) is 17.9 Å². The van der Waals surface area contributed by atoms with Crippen LogP contribution in [0.2, 0.25) is 0 Å². The highest BCUT2D eigenvalue weighted by molar-refractivity contribution is 5.81. The molecule has 1 aliphatic heterocycles. The zero-order valence-corrected chi connectivity index (χ0v) is 15.6. The summed E-state index contributed by atoms with van der Waals surface area (Å²) in [6, 6.07) is 7.76. The third-order valence-corrected chi connectivity index (χ3v) is 5.30. The number of nitrogens with zero attached hydrogens (tertiary/aromatic N) is 5. The maximum absolute atomic E-state index is 12.9. The molecule has 1 aromatic carbocycles. The van der Waals surface area contributed by atoms with Gasteiger partial charge in [-0.05, 0) is 37.3 Å². The molecule has 2 unspecified atom stereocenters. The Kier molecular flexibility index (Phi) is 4.09. The third-order valence-electron chi connectivity index (χ3n) is 5.30. The summed E-state index contributed by atoms with van der Waals surface area (Å²) in [6.45, 7) is 8.59. The predicted octanol–water partition coefficient (Wildman–Crippen LogP) is 1.98. The van der Waals surface area contributed by atoms with Crippen LogP contribution in [0.25, 0.3) is 16.8 Å². The number of aromatic nitrogens is 4. The maximum Gasteiger partial charge on any atom is 0.352 e. The van der Waals surface area contributed by atoms with E-state index in [9.17, 15) is 9.59 Å². The van der Waals surface area contributed by atoms with Crippen LogP contribution in [0, 0.1) is 11.8 Å². The molecule has 0 saturated carbocycles. The average Bonchev–Trinajstić information content (AvgIpc) is 3.08. The van der Waals surface area contributed by atoms with E-state index in [1.165, 1.54) is 4.68 Å². The van der Waals surface area contributed by atoms with Crippen molar-refractivity contribution in [2.45, 2.75) is 40.3 Å². The molecule has 2 atom stereocenters. The van der Waals surface area contributed by atoms with E-state index in [4.69, 9.17) is 0 Å². The van der Waals surface area contributed by atoms with Crippen molar-refractivity contribution < 1.29 is 4.79 Å². The van der Waals surface area contributed by atoms with Crippen molar-refractivity contribution in [1.29, 1.82) is 0 Å². The summed E-state index contributed by atoms with van der Waals surface area (Å²) in [7, 11) is 0. The summed E-state index contributed by atoms with van der Waals surface area (Å²) in [5, 5.41) is 4.48. The summed E-state index contributed by atoms with van der Waals surface area (Å²) < 4.78 is 4.91. The Morgan fingerprint density at radius 2 is 1.81 bits per heavy atom. The van der Waals surface area contributed by atoms with E-state index in [0.29, 0.717) is 24.2 Å². The maximum atomic E-state index is 12.9. The van der Waals surface area contributed by atoms with Gasteiger partial charge in [0.05, 0.1) is 11.0 Å². The fourth-order valence-corrected chi connectivity index (χ4v) is 4.28. The number of carbonyl (C=O) groups excluding carboxylic acids is 1. The molecule has 0 spiro atoms. The van der Waals surface area contributed by atoms with Crippen molar-refractivity contribution in [3.05, 3.63) is 34.7 Å². The summed E-state index contributed by atoms with van der Waals surface area (Å²) in [5.74, 6) is 1.55. The summed E-state index contributed by atoms with van der Waals surface area (Å²) in [6.07, 6.45) is 1.14. The van der Waals surface area contributed by atoms with E-state index in [0.717, 1.165) is 30.5 Å². The smallest absolute Gasteiger partial charge is 0.341 e. The van der Waals surface area contributed by atoms with E-state index in [2.05, 4.69) is 18.9 Å². The van der Waals surface area contributed by atoms with Gasteiger partial charge in [0.25, 0.3) is 0 Å². The quantitative estimate of drug-likeness (QED) is 0.722. The summed E-state index contributed by atoms with van der Waals surface area (Å²) in [4.78, 5) is 27.5. The van der Waals surface area contributed by atoms with Gasteiger partial charge in [0.15, 0.2) is 0 Å². The molecular weight excluding hydrogens is 330 g/mol. The number of carbonyl (C=O) groups is 1. The van der Waals surface area contributed by atoms with Crippen molar-refractivity contribution in [3.63, 3.8) is 0 Å². The van der Waals surface area contributed by atoms with Gasteiger partial charge in [0.1, 0.15) is 6.54 Å². The molecule has 1 fully saturated rings. The first kappa shape index (κ1) is 16.9. The lowest BCUT2D eigenvalue weighted by molar-refractivity contribution is -0.134. The molecule has 7 nitrogen and oxygen atoms in total. The molecule has 3 heterocycles. The van der Waals surface area contributed by atoms with Crippen LogP contribution in [-0.4, -0.2) is 42.6 Å². The van der Waals surface area contributed by atoms with Gasteiger partial charge in [-0.1, -0.05) is 26.0 Å². The fourth-order valence-electron chi connectivity index (χ4n) is 4.28. The van der Waals surface area contributed by atoms with E-state index >= 15 is 0 Å².